The maximum absolute atomic E-state index is 13.7. The molecule has 2 amide bonds. The minimum absolute atomic E-state index is 0.000529. The highest BCUT2D eigenvalue weighted by atomic mass is 16.4. The number of hydrogen-bond donors (Lipinski definition) is 4. The smallest absolute Gasteiger partial charge is 0.335 e. The number of rotatable bonds is 8. The van der Waals surface area contributed by atoms with Gasteiger partial charge in [-0.3, -0.25) is 15.0 Å². The Morgan fingerprint density at radius 2 is 1.84 bits per heavy atom. The second kappa shape index (κ2) is 10.6. The van der Waals surface area contributed by atoms with Crippen LogP contribution in [0.25, 0.3) is 0 Å². The Kier molecular flexibility index (Phi) is 7.52. The van der Waals surface area contributed by atoms with Crippen LogP contribution in [-0.4, -0.2) is 58.3 Å². The van der Waals surface area contributed by atoms with Crippen LogP contribution in [-0.2, 0) is 16.0 Å². The van der Waals surface area contributed by atoms with Gasteiger partial charge in [-0.15, -0.1) is 0 Å². The van der Waals surface area contributed by atoms with Gasteiger partial charge >= 0.3 is 5.97 Å². The van der Waals surface area contributed by atoms with Crippen molar-refractivity contribution in [2.45, 2.75) is 45.6 Å². The van der Waals surface area contributed by atoms with Gasteiger partial charge < -0.3 is 26.0 Å². The van der Waals surface area contributed by atoms with Crippen molar-refractivity contribution in [1.82, 2.24) is 9.80 Å². The van der Waals surface area contributed by atoms with Crippen LogP contribution < -0.4 is 11.1 Å². The lowest BCUT2D eigenvalue weighted by Crippen LogP contribution is -2.52. The molecule has 1 aliphatic carbocycles. The molecule has 1 fully saturated rings. The van der Waals surface area contributed by atoms with Crippen LogP contribution in [0.15, 0.2) is 48.5 Å². The maximum Gasteiger partial charge on any atom is 0.335 e. The van der Waals surface area contributed by atoms with Gasteiger partial charge in [0.05, 0.1) is 5.56 Å². The third-order valence-corrected chi connectivity index (χ3v) is 7.75. The topological polar surface area (TPSA) is 140 Å². The first-order chi connectivity index (χ1) is 17.6. The van der Waals surface area contributed by atoms with E-state index in [9.17, 15) is 14.4 Å². The number of guanidine groups is 1. The first-order valence-corrected chi connectivity index (χ1v) is 12.7. The molecule has 1 saturated carbocycles. The monoisotopic (exact) mass is 505 g/mol. The molecule has 2 aliphatic rings. The molecule has 1 aliphatic heterocycles. The van der Waals surface area contributed by atoms with Crippen molar-refractivity contribution in [3.05, 3.63) is 65.2 Å². The Morgan fingerprint density at radius 3 is 2.46 bits per heavy atom. The van der Waals surface area contributed by atoms with Crippen LogP contribution in [0, 0.1) is 16.7 Å². The van der Waals surface area contributed by atoms with E-state index in [1.807, 2.05) is 36.1 Å². The van der Waals surface area contributed by atoms with Crippen molar-refractivity contribution >= 4 is 29.4 Å². The molecular formula is C28H35N5O4. The number of carboxylic acid groups (broad SMARTS) is 1. The lowest BCUT2D eigenvalue weighted by Gasteiger charge is -2.48. The number of nitrogens with one attached hydrogen (secondary N) is 2. The molecule has 4 rings (SSSR count). The molecule has 9 heteroatoms. The first kappa shape index (κ1) is 26.2. The third-order valence-electron chi connectivity index (χ3n) is 7.75. The Labute approximate surface area is 217 Å². The molecule has 0 saturated heterocycles. The van der Waals surface area contributed by atoms with Crippen molar-refractivity contribution in [2.75, 3.05) is 25.0 Å². The van der Waals surface area contributed by atoms with Crippen molar-refractivity contribution in [1.29, 1.82) is 5.41 Å². The second-order valence-corrected chi connectivity index (χ2v) is 10.4. The summed E-state index contributed by atoms with van der Waals surface area (Å²) in [5.74, 6) is -1.44. The number of aromatic carboxylic acids is 1. The Bertz CT molecular complexity index is 1190. The molecule has 2 aromatic rings. The number of fused-ring (bicyclic) bond motifs is 1. The van der Waals surface area contributed by atoms with Gasteiger partial charge in [0.1, 0.15) is 6.04 Å². The van der Waals surface area contributed by atoms with Gasteiger partial charge in [-0.25, -0.2) is 4.79 Å². The molecule has 37 heavy (non-hydrogen) atoms. The Hall–Kier alpha value is -3.88. The van der Waals surface area contributed by atoms with E-state index in [0.29, 0.717) is 31.7 Å². The highest BCUT2D eigenvalue weighted by Gasteiger charge is 2.47. The van der Waals surface area contributed by atoms with Gasteiger partial charge in [0.2, 0.25) is 5.91 Å². The average Bonchev–Trinajstić information content (AvgIpc) is 2.86. The van der Waals surface area contributed by atoms with Crippen LogP contribution in [0.2, 0.25) is 0 Å². The number of carboxylic acids is 1. The fourth-order valence-electron chi connectivity index (χ4n) is 5.59. The van der Waals surface area contributed by atoms with Crippen LogP contribution in [0.3, 0.4) is 0 Å². The lowest BCUT2D eigenvalue weighted by atomic mass is 9.61. The van der Waals surface area contributed by atoms with Crippen molar-refractivity contribution in [3.8, 4) is 0 Å². The normalized spacial score (nSPS) is 22.4. The summed E-state index contributed by atoms with van der Waals surface area (Å²) >= 11 is 0. The lowest BCUT2D eigenvalue weighted by molar-refractivity contribution is -0.149. The number of carbonyl (C=O) groups excluding carboxylic acids is 2. The summed E-state index contributed by atoms with van der Waals surface area (Å²) in [4.78, 5) is 41.9. The molecule has 9 nitrogen and oxygen atoms in total. The summed E-state index contributed by atoms with van der Waals surface area (Å²) < 4.78 is 0. The molecule has 5 N–H and O–H groups in total. The van der Waals surface area contributed by atoms with E-state index in [4.69, 9.17) is 16.2 Å². The predicted molar refractivity (Wildman–Crippen MR) is 141 cm³/mol. The van der Waals surface area contributed by atoms with E-state index in [2.05, 4.69) is 12.2 Å². The van der Waals surface area contributed by atoms with Gasteiger partial charge in [0, 0.05) is 31.2 Å². The van der Waals surface area contributed by atoms with Crippen molar-refractivity contribution in [3.63, 3.8) is 0 Å². The molecule has 0 spiro atoms. The minimum atomic E-state index is -1.04. The summed E-state index contributed by atoms with van der Waals surface area (Å²) in [5.41, 5.74) is 8.14. The minimum Gasteiger partial charge on any atom is -0.478 e. The zero-order valence-corrected chi connectivity index (χ0v) is 21.4. The number of anilines is 1. The quantitative estimate of drug-likeness (QED) is 0.320. The van der Waals surface area contributed by atoms with E-state index in [1.54, 1.807) is 17.0 Å². The fourth-order valence-corrected chi connectivity index (χ4v) is 5.59. The zero-order valence-electron chi connectivity index (χ0n) is 21.4. The molecule has 196 valence electrons. The van der Waals surface area contributed by atoms with Crippen molar-refractivity contribution in [2.24, 2.45) is 17.1 Å². The molecular weight excluding hydrogens is 470 g/mol. The van der Waals surface area contributed by atoms with Gasteiger partial charge in [-0.05, 0) is 73.4 Å². The zero-order chi connectivity index (χ0) is 26.7. The number of amides is 2. The van der Waals surface area contributed by atoms with Gasteiger partial charge in [-0.1, -0.05) is 31.2 Å². The summed E-state index contributed by atoms with van der Waals surface area (Å²) in [5, 5.41) is 19.7. The predicted octanol–water partition coefficient (Wildman–Crippen LogP) is 3.47. The maximum atomic E-state index is 13.7. The third kappa shape index (κ3) is 5.60. The Morgan fingerprint density at radius 1 is 1.16 bits per heavy atom. The van der Waals surface area contributed by atoms with E-state index < -0.39 is 12.0 Å². The number of nitrogens with zero attached hydrogens (tertiary/aromatic N) is 2. The fraction of sp³-hybridized carbons (Fsp3) is 0.429. The summed E-state index contributed by atoms with van der Waals surface area (Å²) in [6.07, 6.45) is 3.02. The molecule has 0 unspecified atom stereocenters. The SMILES string of the molecule is CCN(CCC1(C)CC(C(=O)N2CCc3ccccc3[C@H]2C(=O)Nc2ccc(C(=O)O)cc2)C1)C(=N)N. The second-order valence-electron chi connectivity index (χ2n) is 10.4. The molecule has 0 radical (unpaired) electrons. The van der Waals surface area contributed by atoms with E-state index >= 15 is 0 Å². The molecule has 0 bridgehead atoms. The number of hydrogen-bond acceptors (Lipinski definition) is 4. The van der Waals surface area contributed by atoms with Crippen LogP contribution in [0.1, 0.15) is 60.6 Å². The number of carbonyl (C=O) groups is 3. The van der Waals surface area contributed by atoms with Gasteiger partial charge in [0.15, 0.2) is 5.96 Å². The molecule has 2 aromatic carbocycles. The van der Waals surface area contributed by atoms with Gasteiger partial charge in [0.25, 0.3) is 5.91 Å². The summed E-state index contributed by atoms with van der Waals surface area (Å²) in [7, 11) is 0. The highest BCUT2D eigenvalue weighted by molar-refractivity contribution is 5.99. The average molecular weight is 506 g/mol. The van der Waals surface area contributed by atoms with E-state index in [1.165, 1.54) is 12.1 Å². The highest BCUT2D eigenvalue weighted by Crippen LogP contribution is 2.49. The summed E-state index contributed by atoms with van der Waals surface area (Å²) in [6, 6.07) is 13.0. The number of benzene rings is 2. The van der Waals surface area contributed by atoms with Crippen molar-refractivity contribution < 1.29 is 19.5 Å². The molecule has 0 aromatic heterocycles. The van der Waals surface area contributed by atoms with Crippen LogP contribution in [0.4, 0.5) is 5.69 Å². The number of nitrogens with two attached hydrogens (primary N) is 1. The van der Waals surface area contributed by atoms with E-state index in [-0.39, 0.29) is 34.7 Å². The first-order valence-electron chi connectivity index (χ1n) is 12.7. The standard InChI is InChI=1S/C28H35N5O4/c1-3-32(27(29)30)15-13-28(2)16-20(17-28)25(35)33-14-12-18-6-4-5-7-22(18)23(33)24(34)31-21-10-8-19(9-11-21)26(36)37/h4-11,20,23H,3,12-17H2,1-2H3,(H3,29,30)(H,31,34)(H,36,37)/t20?,23-,28?/m0/s1. The van der Waals surface area contributed by atoms with Gasteiger partial charge in [-0.2, -0.15) is 0 Å². The Balaban J connectivity index is 1.48. The molecule has 1 atom stereocenters. The van der Waals surface area contributed by atoms with Crippen LogP contribution >= 0.6 is 0 Å². The molecule has 1 heterocycles. The van der Waals surface area contributed by atoms with E-state index in [0.717, 1.165) is 30.4 Å². The largest absolute Gasteiger partial charge is 0.478 e. The summed E-state index contributed by atoms with van der Waals surface area (Å²) in [6.45, 7) is 5.97. The van der Waals surface area contributed by atoms with Crippen LogP contribution in [0.5, 0.6) is 0 Å².